The average Bonchev–Trinajstić information content (AvgIpc) is 2.65. The zero-order valence-corrected chi connectivity index (χ0v) is 17.7. The fourth-order valence-electron chi connectivity index (χ4n) is 3.07. The van der Waals surface area contributed by atoms with Gasteiger partial charge in [0.05, 0.1) is 13.2 Å². The first-order valence-corrected chi connectivity index (χ1v) is 9.87. The molecule has 2 aromatic carbocycles. The van der Waals surface area contributed by atoms with Crippen LogP contribution in [0.2, 0.25) is 6.82 Å². The van der Waals surface area contributed by atoms with E-state index >= 15 is 0 Å². The predicted octanol–water partition coefficient (Wildman–Crippen LogP) is 2.56. The van der Waals surface area contributed by atoms with Crippen LogP contribution in [-0.4, -0.2) is 54.8 Å². The number of halogens is 1. The Morgan fingerprint density at radius 1 is 1.19 bits per heavy atom. The Hall–Kier alpha value is -1.38. The smallest absolute Gasteiger partial charge is 0.376 e. The summed E-state index contributed by atoms with van der Waals surface area (Å²) in [6.07, 6.45) is 0.0679. The molecule has 2 rings (SSSR count). The molecule has 0 spiro atoms. The van der Waals surface area contributed by atoms with E-state index in [1.165, 1.54) is 0 Å². The number of hydrogen-bond donors (Lipinski definition) is 3. The standard InChI is InChI=1S/C20H28BBrN2O3/c1-21(26)24(13-16-7-5-9-18(11-16)27-3)14-20(25)19(23-2)12-15-6-4-8-17(22)10-15/h4-11,19-20,23,25-26H,12-14H2,1-3H3/t19-,20+/m0/s1. The highest BCUT2D eigenvalue weighted by Gasteiger charge is 2.25. The van der Waals surface area contributed by atoms with Crippen molar-refractivity contribution in [2.45, 2.75) is 31.9 Å². The zero-order chi connectivity index (χ0) is 19.8. The van der Waals surface area contributed by atoms with E-state index in [-0.39, 0.29) is 6.04 Å². The minimum Gasteiger partial charge on any atom is -0.497 e. The Kier molecular flexibility index (Phi) is 8.79. The third-order valence-corrected chi connectivity index (χ3v) is 5.14. The van der Waals surface area contributed by atoms with Crippen molar-refractivity contribution in [3.8, 4) is 5.75 Å². The molecule has 0 aliphatic carbocycles. The number of benzene rings is 2. The monoisotopic (exact) mass is 434 g/mol. The van der Waals surface area contributed by atoms with Crippen molar-refractivity contribution in [3.63, 3.8) is 0 Å². The quantitative estimate of drug-likeness (QED) is 0.501. The van der Waals surface area contributed by atoms with Crippen LogP contribution in [0.3, 0.4) is 0 Å². The molecule has 7 heteroatoms. The molecule has 27 heavy (non-hydrogen) atoms. The van der Waals surface area contributed by atoms with Crippen LogP contribution in [0, 0.1) is 0 Å². The highest BCUT2D eigenvalue weighted by Crippen LogP contribution is 2.17. The molecule has 0 bridgehead atoms. The summed E-state index contributed by atoms with van der Waals surface area (Å²) in [4.78, 5) is 1.85. The number of hydrogen-bond acceptors (Lipinski definition) is 5. The highest BCUT2D eigenvalue weighted by atomic mass is 79.9. The summed E-state index contributed by atoms with van der Waals surface area (Å²) < 4.78 is 6.29. The topological polar surface area (TPSA) is 65.0 Å². The van der Waals surface area contributed by atoms with Crippen LogP contribution < -0.4 is 10.1 Å². The van der Waals surface area contributed by atoms with Gasteiger partial charge in [-0.25, -0.2) is 0 Å². The molecule has 5 nitrogen and oxygen atoms in total. The number of aliphatic hydroxyl groups excluding tert-OH is 1. The fraction of sp³-hybridized carbons (Fsp3) is 0.400. The van der Waals surface area contributed by atoms with Crippen LogP contribution in [0.4, 0.5) is 0 Å². The third kappa shape index (κ3) is 6.94. The summed E-state index contributed by atoms with van der Waals surface area (Å²) in [5.41, 5.74) is 2.16. The van der Waals surface area contributed by atoms with Gasteiger partial charge in [-0.2, -0.15) is 0 Å². The summed E-state index contributed by atoms with van der Waals surface area (Å²) in [5.74, 6) is 0.779. The number of nitrogens with zero attached hydrogens (tertiary/aromatic N) is 1. The molecule has 0 saturated carbocycles. The molecule has 0 unspecified atom stereocenters. The fourth-order valence-corrected chi connectivity index (χ4v) is 3.52. The van der Waals surface area contributed by atoms with E-state index in [1.807, 2.05) is 54.3 Å². The number of aliphatic hydroxyl groups is 1. The lowest BCUT2D eigenvalue weighted by molar-refractivity contribution is 0.101. The van der Waals surface area contributed by atoms with Gasteiger partial charge in [0.15, 0.2) is 0 Å². The maximum atomic E-state index is 10.8. The lowest BCUT2D eigenvalue weighted by Crippen LogP contribution is -2.49. The Morgan fingerprint density at radius 2 is 1.89 bits per heavy atom. The molecule has 0 radical (unpaired) electrons. The number of ether oxygens (including phenoxy) is 1. The van der Waals surface area contributed by atoms with Gasteiger partial charge in [0.25, 0.3) is 0 Å². The van der Waals surface area contributed by atoms with Gasteiger partial charge in [-0.3, -0.25) is 0 Å². The SMILES string of the molecule is CN[C@@H](Cc1cccc(Br)c1)[C@H](O)CN(Cc1cccc(OC)c1)B(C)O. The van der Waals surface area contributed by atoms with E-state index in [0.717, 1.165) is 21.3 Å². The van der Waals surface area contributed by atoms with E-state index in [4.69, 9.17) is 4.74 Å². The Morgan fingerprint density at radius 3 is 2.52 bits per heavy atom. The Balaban J connectivity index is 2.04. The van der Waals surface area contributed by atoms with Crippen LogP contribution in [0.1, 0.15) is 11.1 Å². The molecule has 2 atom stereocenters. The second-order valence-electron chi connectivity index (χ2n) is 6.71. The minimum absolute atomic E-state index is 0.120. The molecule has 2 aromatic rings. The average molecular weight is 435 g/mol. The van der Waals surface area contributed by atoms with Crippen molar-refractivity contribution in [2.24, 2.45) is 0 Å². The maximum absolute atomic E-state index is 10.8. The van der Waals surface area contributed by atoms with Gasteiger partial charge in [-0.15, -0.1) is 0 Å². The lowest BCUT2D eigenvalue weighted by atomic mass is 9.83. The molecular weight excluding hydrogens is 407 g/mol. The molecule has 0 saturated heterocycles. The predicted molar refractivity (Wildman–Crippen MR) is 114 cm³/mol. The third-order valence-electron chi connectivity index (χ3n) is 4.65. The van der Waals surface area contributed by atoms with Crippen LogP contribution in [0.15, 0.2) is 53.0 Å². The van der Waals surface area contributed by atoms with Crippen LogP contribution >= 0.6 is 15.9 Å². The van der Waals surface area contributed by atoms with E-state index in [1.54, 1.807) is 13.9 Å². The lowest BCUT2D eigenvalue weighted by Gasteiger charge is -2.30. The van der Waals surface area contributed by atoms with Gasteiger partial charge in [0.2, 0.25) is 0 Å². The van der Waals surface area contributed by atoms with E-state index in [9.17, 15) is 10.1 Å². The number of nitrogens with one attached hydrogen (secondary N) is 1. The molecule has 0 aliphatic rings. The van der Waals surface area contributed by atoms with Crippen molar-refractivity contribution < 1.29 is 14.9 Å². The normalized spacial score (nSPS) is 13.4. The van der Waals surface area contributed by atoms with Gasteiger partial charge in [-0.05, 0) is 55.7 Å². The Bertz CT molecular complexity index is 717. The molecule has 0 heterocycles. The second kappa shape index (κ2) is 10.8. The van der Waals surface area contributed by atoms with Gasteiger partial charge >= 0.3 is 7.05 Å². The maximum Gasteiger partial charge on any atom is 0.376 e. The molecule has 0 aromatic heterocycles. The number of likely N-dealkylation sites (N-methyl/N-ethyl adjacent to an activating group) is 1. The van der Waals surface area contributed by atoms with Crippen LogP contribution in [0.5, 0.6) is 5.75 Å². The summed E-state index contributed by atoms with van der Waals surface area (Å²) in [6.45, 7) is 2.60. The Labute approximate surface area is 170 Å². The highest BCUT2D eigenvalue weighted by molar-refractivity contribution is 9.10. The van der Waals surface area contributed by atoms with Crippen molar-refractivity contribution in [3.05, 3.63) is 64.1 Å². The van der Waals surface area contributed by atoms with Gasteiger partial charge in [-0.1, -0.05) is 40.2 Å². The molecular formula is C20H28BBrN2O3. The zero-order valence-electron chi connectivity index (χ0n) is 16.1. The minimum atomic E-state index is -0.672. The molecule has 146 valence electrons. The number of rotatable bonds is 10. The molecule has 0 aliphatic heterocycles. The van der Waals surface area contributed by atoms with E-state index in [2.05, 4.69) is 27.3 Å². The largest absolute Gasteiger partial charge is 0.497 e. The molecule has 0 amide bonds. The number of methoxy groups -OCH3 is 1. The summed E-state index contributed by atoms with van der Waals surface area (Å²) in [7, 11) is 2.81. The molecule has 0 fully saturated rings. The van der Waals surface area contributed by atoms with E-state index < -0.39 is 13.2 Å². The van der Waals surface area contributed by atoms with Crippen LogP contribution in [0.25, 0.3) is 0 Å². The second-order valence-corrected chi connectivity index (χ2v) is 7.63. The van der Waals surface area contributed by atoms with Gasteiger partial charge < -0.3 is 25.0 Å². The first-order valence-electron chi connectivity index (χ1n) is 9.07. The van der Waals surface area contributed by atoms with Crippen molar-refractivity contribution in [2.75, 3.05) is 20.7 Å². The van der Waals surface area contributed by atoms with Gasteiger partial charge in [0, 0.05) is 23.6 Å². The van der Waals surface area contributed by atoms with Gasteiger partial charge in [0.1, 0.15) is 5.75 Å². The van der Waals surface area contributed by atoms with Crippen molar-refractivity contribution in [1.82, 2.24) is 10.1 Å². The summed E-state index contributed by atoms with van der Waals surface area (Å²) in [5, 5.41) is 24.2. The van der Waals surface area contributed by atoms with Crippen molar-refractivity contribution in [1.29, 1.82) is 0 Å². The summed E-state index contributed by atoms with van der Waals surface area (Å²) >= 11 is 3.48. The van der Waals surface area contributed by atoms with Crippen molar-refractivity contribution >= 4 is 23.0 Å². The summed E-state index contributed by atoms with van der Waals surface area (Å²) in [6, 6.07) is 15.7. The molecule has 3 N–H and O–H groups in total. The van der Waals surface area contributed by atoms with E-state index in [0.29, 0.717) is 19.5 Å². The first kappa shape index (κ1) is 21.9. The first-order chi connectivity index (χ1) is 12.9. The van der Waals surface area contributed by atoms with Crippen LogP contribution in [-0.2, 0) is 13.0 Å².